The molecule has 0 bridgehead atoms. The third kappa shape index (κ3) is 3.94. The maximum absolute atomic E-state index is 5.39. The van der Waals surface area contributed by atoms with Gasteiger partial charge in [0.15, 0.2) is 0 Å². The summed E-state index contributed by atoms with van der Waals surface area (Å²) in [6, 6.07) is 0. The van der Waals surface area contributed by atoms with Gasteiger partial charge >= 0.3 is 0 Å². The number of thiazole rings is 1. The van der Waals surface area contributed by atoms with Gasteiger partial charge in [-0.05, 0) is 48.0 Å². The largest absolute Gasteiger partial charge is 0.494 e. The van der Waals surface area contributed by atoms with Crippen molar-refractivity contribution in [3.05, 3.63) is 45.6 Å². The van der Waals surface area contributed by atoms with Gasteiger partial charge in [-0.25, -0.2) is 4.98 Å². The van der Waals surface area contributed by atoms with E-state index in [0.717, 1.165) is 20.9 Å². The summed E-state index contributed by atoms with van der Waals surface area (Å²) >= 11 is 4.88. The van der Waals surface area contributed by atoms with Crippen LogP contribution >= 0.6 is 27.3 Å². The summed E-state index contributed by atoms with van der Waals surface area (Å²) in [5.41, 5.74) is 0.884. The number of rotatable bonds is 5. The summed E-state index contributed by atoms with van der Waals surface area (Å²) in [6.45, 7) is 8.53. The molecule has 0 spiro atoms. The molecule has 0 aliphatic carbocycles. The second kappa shape index (κ2) is 6.66. The van der Waals surface area contributed by atoms with Crippen LogP contribution in [-0.4, -0.2) is 11.6 Å². The van der Waals surface area contributed by atoms with Crippen LogP contribution in [0.1, 0.15) is 18.9 Å². The molecule has 86 valence electrons. The minimum Gasteiger partial charge on any atom is -0.494 e. The van der Waals surface area contributed by atoms with Crippen molar-refractivity contribution in [1.82, 2.24) is 4.98 Å². The Balaban J connectivity index is 2.67. The summed E-state index contributed by atoms with van der Waals surface area (Å²) in [6.07, 6.45) is 5.74. The second-order valence-electron chi connectivity index (χ2n) is 2.96. The first-order valence-corrected chi connectivity index (χ1v) is 6.62. The molecule has 0 fully saturated rings. The van der Waals surface area contributed by atoms with Gasteiger partial charge in [-0.2, -0.15) is 0 Å². The van der Waals surface area contributed by atoms with Crippen LogP contribution in [0, 0.1) is 0 Å². The molecule has 2 nitrogen and oxygen atoms in total. The van der Waals surface area contributed by atoms with Gasteiger partial charge in [0, 0.05) is 11.0 Å². The Labute approximate surface area is 108 Å². The highest BCUT2D eigenvalue weighted by atomic mass is 79.9. The van der Waals surface area contributed by atoms with E-state index >= 15 is 0 Å². The molecule has 0 radical (unpaired) electrons. The maximum atomic E-state index is 5.39. The molecule has 1 rings (SSSR count). The van der Waals surface area contributed by atoms with E-state index in [2.05, 4.69) is 27.5 Å². The average molecular weight is 300 g/mol. The molecule has 0 amide bonds. The molecule has 0 aliphatic heterocycles. The summed E-state index contributed by atoms with van der Waals surface area (Å²) in [7, 11) is 0. The van der Waals surface area contributed by atoms with Crippen molar-refractivity contribution in [2.24, 2.45) is 0 Å². The molecule has 0 aromatic carbocycles. The molecule has 0 N–H and O–H groups in total. The quantitative estimate of drug-likeness (QED) is 0.593. The fourth-order valence-electron chi connectivity index (χ4n) is 1.05. The average Bonchev–Trinajstić information content (AvgIpc) is 2.70. The van der Waals surface area contributed by atoms with Gasteiger partial charge in [0.25, 0.3) is 0 Å². The van der Waals surface area contributed by atoms with Crippen LogP contribution in [0.5, 0.6) is 0 Å². The van der Waals surface area contributed by atoms with Crippen molar-refractivity contribution in [1.29, 1.82) is 0 Å². The van der Waals surface area contributed by atoms with E-state index in [9.17, 15) is 0 Å². The van der Waals surface area contributed by atoms with Gasteiger partial charge in [-0.1, -0.05) is 6.58 Å². The van der Waals surface area contributed by atoms with Crippen molar-refractivity contribution < 1.29 is 4.74 Å². The van der Waals surface area contributed by atoms with Gasteiger partial charge in [0.05, 0.1) is 6.61 Å². The monoisotopic (exact) mass is 299 g/mol. The first-order valence-electron chi connectivity index (χ1n) is 4.94. The van der Waals surface area contributed by atoms with Crippen LogP contribution in [0.2, 0.25) is 0 Å². The van der Waals surface area contributed by atoms with E-state index in [1.807, 2.05) is 37.5 Å². The van der Waals surface area contributed by atoms with Gasteiger partial charge < -0.3 is 4.74 Å². The second-order valence-corrected chi connectivity index (χ2v) is 4.63. The van der Waals surface area contributed by atoms with Crippen LogP contribution in [0.25, 0.3) is 5.57 Å². The molecule has 16 heavy (non-hydrogen) atoms. The lowest BCUT2D eigenvalue weighted by atomic mass is 10.2. The van der Waals surface area contributed by atoms with E-state index in [1.165, 1.54) is 0 Å². The smallest absolute Gasteiger partial charge is 0.124 e. The van der Waals surface area contributed by atoms with Gasteiger partial charge in [-0.3, -0.25) is 0 Å². The van der Waals surface area contributed by atoms with Crippen molar-refractivity contribution in [2.75, 3.05) is 6.61 Å². The van der Waals surface area contributed by atoms with Gasteiger partial charge in [0.2, 0.25) is 0 Å². The summed E-state index contributed by atoms with van der Waals surface area (Å²) < 4.78 is 6.24. The lowest BCUT2D eigenvalue weighted by Gasteiger charge is -2.02. The zero-order valence-electron chi connectivity index (χ0n) is 9.37. The lowest BCUT2D eigenvalue weighted by molar-refractivity contribution is 0.242. The number of allylic oxidation sites excluding steroid dienone is 4. The Morgan fingerprint density at radius 3 is 2.88 bits per heavy atom. The van der Waals surface area contributed by atoms with Crippen LogP contribution in [-0.2, 0) is 4.74 Å². The number of hydrogen-bond acceptors (Lipinski definition) is 3. The predicted molar refractivity (Wildman–Crippen MR) is 73.4 cm³/mol. The van der Waals surface area contributed by atoms with E-state index in [4.69, 9.17) is 4.74 Å². The third-order valence-electron chi connectivity index (χ3n) is 1.80. The van der Waals surface area contributed by atoms with Crippen LogP contribution in [0.15, 0.2) is 40.5 Å². The van der Waals surface area contributed by atoms with Gasteiger partial charge in [0.1, 0.15) is 15.4 Å². The molecule has 0 atom stereocenters. The molecule has 0 aliphatic rings. The zero-order chi connectivity index (χ0) is 12.0. The lowest BCUT2D eigenvalue weighted by Crippen LogP contribution is -1.87. The molecule has 4 heteroatoms. The SMILES string of the molecule is C=C(/C=C\C(=C/C)OCC)c1nc(Br)cs1. The highest BCUT2D eigenvalue weighted by molar-refractivity contribution is 9.10. The Kier molecular flexibility index (Phi) is 5.49. The molecule has 1 aromatic rings. The first kappa shape index (κ1) is 13.2. The minimum absolute atomic E-state index is 0.666. The summed E-state index contributed by atoms with van der Waals surface area (Å²) in [5, 5.41) is 2.85. The molecular formula is C12H14BrNOS. The Bertz CT molecular complexity index is 420. The first-order chi connectivity index (χ1) is 7.67. The van der Waals surface area contributed by atoms with Crippen molar-refractivity contribution in [2.45, 2.75) is 13.8 Å². The third-order valence-corrected chi connectivity index (χ3v) is 3.42. The number of nitrogens with zero attached hydrogens (tertiary/aromatic N) is 1. The number of hydrogen-bond donors (Lipinski definition) is 0. The number of halogens is 1. The highest BCUT2D eigenvalue weighted by Crippen LogP contribution is 2.22. The maximum Gasteiger partial charge on any atom is 0.124 e. The van der Waals surface area contributed by atoms with Crippen LogP contribution in [0.3, 0.4) is 0 Å². The summed E-state index contributed by atoms with van der Waals surface area (Å²) in [5.74, 6) is 0.847. The molecule has 0 saturated heterocycles. The fourth-order valence-corrected chi connectivity index (χ4v) is 2.26. The summed E-state index contributed by atoms with van der Waals surface area (Å²) in [4.78, 5) is 4.28. The van der Waals surface area contributed by atoms with E-state index < -0.39 is 0 Å². The fraction of sp³-hybridized carbons (Fsp3) is 0.250. The predicted octanol–water partition coefficient (Wildman–Crippen LogP) is 4.42. The molecule has 1 aromatic heterocycles. The minimum atomic E-state index is 0.666. The van der Waals surface area contributed by atoms with Gasteiger partial charge in [-0.15, -0.1) is 11.3 Å². The molecular weight excluding hydrogens is 286 g/mol. The Morgan fingerprint density at radius 1 is 1.62 bits per heavy atom. The normalized spacial score (nSPS) is 12.1. The molecule has 0 saturated carbocycles. The molecule has 1 heterocycles. The Hall–Kier alpha value is -0.870. The number of ether oxygens (including phenoxy) is 1. The Morgan fingerprint density at radius 2 is 2.38 bits per heavy atom. The zero-order valence-corrected chi connectivity index (χ0v) is 11.8. The standard InChI is InChI=1S/C12H14BrNOS/c1-4-10(15-5-2)7-6-9(3)12-14-11(13)8-16-12/h4,6-8H,3,5H2,1-2H3/b7-6-,10-4+. The highest BCUT2D eigenvalue weighted by Gasteiger charge is 2.01. The van der Waals surface area contributed by atoms with Crippen molar-refractivity contribution >= 4 is 32.8 Å². The topological polar surface area (TPSA) is 22.1 Å². The van der Waals surface area contributed by atoms with Crippen LogP contribution < -0.4 is 0 Å². The molecule has 0 unspecified atom stereocenters. The van der Waals surface area contributed by atoms with Crippen molar-refractivity contribution in [3.63, 3.8) is 0 Å². The van der Waals surface area contributed by atoms with Crippen molar-refractivity contribution in [3.8, 4) is 0 Å². The van der Waals surface area contributed by atoms with E-state index in [1.54, 1.807) is 11.3 Å². The van der Waals surface area contributed by atoms with Crippen LogP contribution in [0.4, 0.5) is 0 Å². The van der Waals surface area contributed by atoms with E-state index in [0.29, 0.717) is 6.61 Å². The number of aromatic nitrogens is 1. The van der Waals surface area contributed by atoms with E-state index in [-0.39, 0.29) is 0 Å².